The minimum atomic E-state index is 0.326. The summed E-state index contributed by atoms with van der Waals surface area (Å²) in [5.74, 6) is 0. The zero-order chi connectivity index (χ0) is 8.27. The van der Waals surface area contributed by atoms with Crippen LogP contribution in [0, 0.1) is 11.3 Å². The Morgan fingerprint density at radius 1 is 1.82 bits per heavy atom. The molecule has 0 radical (unpaired) electrons. The van der Waals surface area contributed by atoms with Gasteiger partial charge >= 0.3 is 0 Å². The van der Waals surface area contributed by atoms with Gasteiger partial charge in [0.2, 0.25) is 0 Å². The Morgan fingerprint density at radius 3 is 3.09 bits per heavy atom. The molecular weight excluding hydrogens is 162 g/mol. The number of hydrogen-bond acceptors (Lipinski definition) is 2. The van der Waals surface area contributed by atoms with Crippen molar-refractivity contribution in [3.05, 3.63) is 16.9 Å². The Balaban J connectivity index is 2.99. The Morgan fingerprint density at radius 2 is 2.55 bits per heavy atom. The third-order valence-corrected chi connectivity index (χ3v) is 1.76. The van der Waals surface area contributed by atoms with Crippen LogP contribution in [0.15, 0.2) is 6.20 Å². The molecule has 0 fully saturated rings. The van der Waals surface area contributed by atoms with Crippen molar-refractivity contribution in [3.63, 3.8) is 0 Å². The molecular formula is C7H8ClN3. The van der Waals surface area contributed by atoms with E-state index in [9.17, 15) is 0 Å². The first kappa shape index (κ1) is 8.09. The van der Waals surface area contributed by atoms with E-state index in [0.29, 0.717) is 11.4 Å². The quantitative estimate of drug-likeness (QED) is 0.675. The van der Waals surface area contributed by atoms with Gasteiger partial charge in [-0.05, 0) is 6.92 Å². The molecule has 0 aliphatic heterocycles. The number of aryl methyl sites for hydroxylation is 1. The van der Waals surface area contributed by atoms with E-state index in [0.717, 1.165) is 12.2 Å². The highest BCUT2D eigenvalue weighted by Gasteiger charge is 2.05. The molecule has 1 aromatic heterocycles. The summed E-state index contributed by atoms with van der Waals surface area (Å²) in [6.07, 6.45) is 1.89. The van der Waals surface area contributed by atoms with Crippen molar-refractivity contribution in [1.82, 2.24) is 9.78 Å². The number of hydrogen-bond donors (Lipinski definition) is 0. The average Bonchev–Trinajstić information content (AvgIpc) is 2.34. The van der Waals surface area contributed by atoms with Gasteiger partial charge in [-0.2, -0.15) is 10.4 Å². The van der Waals surface area contributed by atoms with E-state index in [2.05, 4.69) is 5.10 Å². The van der Waals surface area contributed by atoms with Crippen LogP contribution in [0.25, 0.3) is 0 Å². The summed E-state index contributed by atoms with van der Waals surface area (Å²) in [7, 11) is 0. The van der Waals surface area contributed by atoms with Crippen molar-refractivity contribution in [2.45, 2.75) is 19.9 Å². The number of halogens is 1. The highest BCUT2D eigenvalue weighted by atomic mass is 35.5. The maximum Gasteiger partial charge on any atom is 0.0828 e. The summed E-state index contributed by atoms with van der Waals surface area (Å²) in [5, 5.41) is 13.0. The molecule has 0 N–H and O–H groups in total. The monoisotopic (exact) mass is 169 g/mol. The maximum absolute atomic E-state index is 8.43. The lowest BCUT2D eigenvalue weighted by Gasteiger charge is -1.98. The summed E-state index contributed by atoms with van der Waals surface area (Å²) in [6, 6.07) is 2.04. The third kappa shape index (κ3) is 1.52. The van der Waals surface area contributed by atoms with E-state index in [1.165, 1.54) is 0 Å². The van der Waals surface area contributed by atoms with Crippen LogP contribution in [0.1, 0.15) is 12.6 Å². The molecule has 0 saturated carbocycles. The van der Waals surface area contributed by atoms with Gasteiger partial charge in [0, 0.05) is 6.54 Å². The maximum atomic E-state index is 8.43. The molecule has 0 aromatic carbocycles. The third-order valence-electron chi connectivity index (χ3n) is 1.44. The number of aromatic nitrogens is 2. The lowest BCUT2D eigenvalue weighted by Crippen LogP contribution is -2.01. The summed E-state index contributed by atoms with van der Waals surface area (Å²) in [6.45, 7) is 2.72. The predicted octanol–water partition coefficient (Wildman–Crippen LogP) is 1.62. The van der Waals surface area contributed by atoms with Crippen LogP contribution in [0.2, 0.25) is 5.02 Å². The minimum absolute atomic E-state index is 0.326. The first-order valence-corrected chi connectivity index (χ1v) is 3.74. The topological polar surface area (TPSA) is 41.6 Å². The van der Waals surface area contributed by atoms with Gasteiger partial charge in [-0.15, -0.1) is 0 Å². The smallest absolute Gasteiger partial charge is 0.0828 e. The van der Waals surface area contributed by atoms with Crippen LogP contribution in [0.4, 0.5) is 0 Å². The molecule has 0 unspecified atom stereocenters. The number of nitrogens with zero attached hydrogens (tertiary/aromatic N) is 3. The fourth-order valence-corrected chi connectivity index (χ4v) is 1.12. The lowest BCUT2D eigenvalue weighted by molar-refractivity contribution is 0.633. The summed E-state index contributed by atoms with van der Waals surface area (Å²) in [4.78, 5) is 0. The van der Waals surface area contributed by atoms with Crippen molar-refractivity contribution in [2.24, 2.45) is 0 Å². The Hall–Kier alpha value is -1.01. The van der Waals surface area contributed by atoms with Gasteiger partial charge in [-0.25, -0.2) is 0 Å². The van der Waals surface area contributed by atoms with E-state index >= 15 is 0 Å². The van der Waals surface area contributed by atoms with Crippen molar-refractivity contribution >= 4 is 11.6 Å². The van der Waals surface area contributed by atoms with Crippen LogP contribution in [-0.2, 0) is 13.0 Å². The Kier molecular flexibility index (Phi) is 2.50. The minimum Gasteiger partial charge on any atom is -0.267 e. The molecule has 4 heteroatoms. The van der Waals surface area contributed by atoms with E-state index in [1.807, 2.05) is 13.0 Å². The lowest BCUT2D eigenvalue weighted by atomic mass is 10.3. The zero-order valence-electron chi connectivity index (χ0n) is 6.21. The molecule has 3 nitrogen and oxygen atoms in total. The molecule has 0 amide bonds. The largest absolute Gasteiger partial charge is 0.267 e. The van der Waals surface area contributed by atoms with Crippen molar-refractivity contribution in [1.29, 1.82) is 5.26 Å². The zero-order valence-corrected chi connectivity index (χ0v) is 6.97. The predicted molar refractivity (Wildman–Crippen MR) is 42.2 cm³/mol. The number of nitriles is 1. The van der Waals surface area contributed by atoms with E-state index in [4.69, 9.17) is 16.9 Å². The molecule has 0 aliphatic carbocycles. The van der Waals surface area contributed by atoms with Crippen LogP contribution < -0.4 is 0 Å². The van der Waals surface area contributed by atoms with Gasteiger partial charge in [0.1, 0.15) is 0 Å². The van der Waals surface area contributed by atoms with E-state index in [1.54, 1.807) is 10.9 Å². The van der Waals surface area contributed by atoms with E-state index < -0.39 is 0 Å². The van der Waals surface area contributed by atoms with E-state index in [-0.39, 0.29) is 0 Å². The van der Waals surface area contributed by atoms with Crippen molar-refractivity contribution in [2.75, 3.05) is 0 Å². The fourth-order valence-electron chi connectivity index (χ4n) is 0.911. The molecule has 1 heterocycles. The fraction of sp³-hybridized carbons (Fsp3) is 0.429. The molecule has 1 rings (SSSR count). The standard InChI is InChI=1S/C7H8ClN3/c1-2-11-7(3-4-9)6(8)5-10-11/h5H,2-3H2,1H3. The SMILES string of the molecule is CCn1ncc(Cl)c1CC#N. The first-order chi connectivity index (χ1) is 5.29. The van der Waals surface area contributed by atoms with Crippen molar-refractivity contribution < 1.29 is 0 Å². The second kappa shape index (κ2) is 3.40. The highest BCUT2D eigenvalue weighted by molar-refractivity contribution is 6.31. The second-order valence-electron chi connectivity index (χ2n) is 2.09. The van der Waals surface area contributed by atoms with Crippen LogP contribution in [0.5, 0.6) is 0 Å². The van der Waals surface area contributed by atoms with Crippen LogP contribution in [0.3, 0.4) is 0 Å². The summed E-state index contributed by atoms with van der Waals surface area (Å²) in [5.41, 5.74) is 0.802. The normalized spacial score (nSPS) is 9.55. The van der Waals surface area contributed by atoms with Crippen molar-refractivity contribution in [3.8, 4) is 6.07 Å². The molecule has 0 atom stereocenters. The molecule has 0 bridgehead atoms. The molecule has 0 aliphatic rings. The van der Waals surface area contributed by atoms with Gasteiger partial charge in [-0.3, -0.25) is 4.68 Å². The van der Waals surface area contributed by atoms with Crippen LogP contribution >= 0.6 is 11.6 Å². The summed E-state index contributed by atoms with van der Waals surface area (Å²) >= 11 is 5.77. The Bertz CT molecular complexity index is 284. The first-order valence-electron chi connectivity index (χ1n) is 3.36. The highest BCUT2D eigenvalue weighted by Crippen LogP contribution is 2.14. The average molecular weight is 170 g/mol. The molecule has 58 valence electrons. The summed E-state index contributed by atoms with van der Waals surface area (Å²) < 4.78 is 1.73. The molecule has 0 spiro atoms. The molecule has 0 saturated heterocycles. The van der Waals surface area contributed by atoms with Gasteiger partial charge in [-0.1, -0.05) is 11.6 Å². The Labute approximate surface area is 70.2 Å². The van der Waals surface area contributed by atoms with Gasteiger partial charge < -0.3 is 0 Å². The second-order valence-corrected chi connectivity index (χ2v) is 2.50. The molecule has 11 heavy (non-hydrogen) atoms. The van der Waals surface area contributed by atoms with Crippen LogP contribution in [-0.4, -0.2) is 9.78 Å². The molecule has 1 aromatic rings. The van der Waals surface area contributed by atoms with Gasteiger partial charge in [0.05, 0.1) is 29.4 Å². The number of rotatable bonds is 2. The van der Waals surface area contributed by atoms with Gasteiger partial charge in [0.15, 0.2) is 0 Å². The van der Waals surface area contributed by atoms with Gasteiger partial charge in [0.25, 0.3) is 0 Å².